The minimum atomic E-state index is -0.193. The van der Waals surface area contributed by atoms with Gasteiger partial charge >= 0.3 is 0 Å². The first-order chi connectivity index (χ1) is 5.59. The van der Waals surface area contributed by atoms with Crippen molar-refractivity contribution in [3.05, 3.63) is 29.6 Å². The van der Waals surface area contributed by atoms with Crippen LogP contribution in [0, 0.1) is 12.7 Å². The number of benzene rings is 1. The second-order valence-electron chi connectivity index (χ2n) is 2.73. The van der Waals surface area contributed by atoms with E-state index in [0.717, 1.165) is 10.5 Å². The van der Waals surface area contributed by atoms with Crippen molar-refractivity contribution in [1.82, 2.24) is 0 Å². The van der Waals surface area contributed by atoms with Crippen molar-refractivity contribution >= 4 is 11.8 Å². The standard InChI is InChI=1S/C9H12FNS/c1-6-5-8(10)3-4-9(6)12-7(2)11/h3-5,7H,11H2,1-2H3. The number of hydrogen-bond donors (Lipinski definition) is 1. The third-order valence-corrected chi connectivity index (χ3v) is 2.53. The Morgan fingerprint density at radius 1 is 1.50 bits per heavy atom. The zero-order valence-electron chi connectivity index (χ0n) is 7.17. The molecule has 0 saturated carbocycles. The molecular formula is C9H12FNS. The van der Waals surface area contributed by atoms with E-state index in [2.05, 4.69) is 0 Å². The maximum atomic E-state index is 12.6. The van der Waals surface area contributed by atoms with Crippen LogP contribution < -0.4 is 5.73 Å². The first-order valence-electron chi connectivity index (χ1n) is 3.78. The average Bonchev–Trinajstić information content (AvgIpc) is 1.94. The van der Waals surface area contributed by atoms with Crippen LogP contribution in [0.1, 0.15) is 12.5 Å². The van der Waals surface area contributed by atoms with Gasteiger partial charge in [-0.1, -0.05) is 0 Å². The molecule has 0 aliphatic rings. The van der Waals surface area contributed by atoms with Gasteiger partial charge in [0.05, 0.1) is 5.37 Å². The Labute approximate surface area is 76.2 Å². The molecule has 0 spiro atoms. The Balaban J connectivity index is 2.86. The number of rotatable bonds is 2. The molecule has 0 heterocycles. The smallest absolute Gasteiger partial charge is 0.123 e. The number of thioether (sulfide) groups is 1. The average molecular weight is 185 g/mol. The quantitative estimate of drug-likeness (QED) is 0.566. The summed E-state index contributed by atoms with van der Waals surface area (Å²) in [5, 5.41) is 0.0501. The van der Waals surface area contributed by atoms with Crippen molar-refractivity contribution in [1.29, 1.82) is 0 Å². The van der Waals surface area contributed by atoms with Crippen LogP contribution in [0.2, 0.25) is 0 Å². The predicted molar refractivity (Wildman–Crippen MR) is 50.6 cm³/mol. The minimum absolute atomic E-state index is 0.0501. The van der Waals surface area contributed by atoms with E-state index in [1.165, 1.54) is 12.1 Å². The molecule has 1 atom stereocenters. The first-order valence-corrected chi connectivity index (χ1v) is 4.66. The molecule has 0 fully saturated rings. The van der Waals surface area contributed by atoms with E-state index in [-0.39, 0.29) is 11.2 Å². The highest BCUT2D eigenvalue weighted by atomic mass is 32.2. The molecule has 1 nitrogen and oxygen atoms in total. The molecule has 66 valence electrons. The summed E-state index contributed by atoms with van der Waals surface area (Å²) in [5.74, 6) is -0.193. The summed E-state index contributed by atoms with van der Waals surface area (Å²) < 4.78 is 12.6. The van der Waals surface area contributed by atoms with Crippen LogP contribution in [0.5, 0.6) is 0 Å². The summed E-state index contributed by atoms with van der Waals surface area (Å²) in [5.41, 5.74) is 6.54. The second-order valence-corrected chi connectivity index (χ2v) is 4.15. The minimum Gasteiger partial charge on any atom is -0.319 e. The molecule has 3 heteroatoms. The molecule has 0 aliphatic heterocycles. The third kappa shape index (κ3) is 2.50. The summed E-state index contributed by atoms with van der Waals surface area (Å²) >= 11 is 1.54. The molecule has 0 radical (unpaired) electrons. The molecular weight excluding hydrogens is 173 g/mol. The SMILES string of the molecule is Cc1cc(F)ccc1SC(C)N. The van der Waals surface area contributed by atoms with Gasteiger partial charge < -0.3 is 5.73 Å². The normalized spacial score (nSPS) is 13.0. The van der Waals surface area contributed by atoms with Crippen LogP contribution >= 0.6 is 11.8 Å². The van der Waals surface area contributed by atoms with Crippen molar-refractivity contribution in [2.24, 2.45) is 5.73 Å². The Bertz CT molecular complexity index is 273. The Morgan fingerprint density at radius 2 is 2.17 bits per heavy atom. The van der Waals surface area contributed by atoms with E-state index in [4.69, 9.17) is 5.73 Å². The Hall–Kier alpha value is -0.540. The van der Waals surface area contributed by atoms with Gasteiger partial charge in [0.25, 0.3) is 0 Å². The van der Waals surface area contributed by atoms with Gasteiger partial charge in [-0.05, 0) is 37.6 Å². The highest BCUT2D eigenvalue weighted by molar-refractivity contribution is 7.99. The van der Waals surface area contributed by atoms with E-state index in [9.17, 15) is 4.39 Å². The summed E-state index contributed by atoms with van der Waals surface area (Å²) in [6, 6.07) is 4.74. The fraction of sp³-hybridized carbons (Fsp3) is 0.333. The van der Waals surface area contributed by atoms with E-state index >= 15 is 0 Å². The van der Waals surface area contributed by atoms with Gasteiger partial charge in [0.1, 0.15) is 5.82 Å². The number of aryl methyl sites for hydroxylation is 1. The van der Waals surface area contributed by atoms with E-state index in [0.29, 0.717) is 0 Å². The molecule has 0 aliphatic carbocycles. The number of hydrogen-bond acceptors (Lipinski definition) is 2. The maximum absolute atomic E-state index is 12.6. The fourth-order valence-electron chi connectivity index (χ4n) is 0.945. The van der Waals surface area contributed by atoms with E-state index < -0.39 is 0 Å². The summed E-state index contributed by atoms with van der Waals surface area (Å²) in [6.45, 7) is 3.79. The van der Waals surface area contributed by atoms with Crippen LogP contribution in [-0.4, -0.2) is 5.37 Å². The van der Waals surface area contributed by atoms with Crippen molar-refractivity contribution in [3.63, 3.8) is 0 Å². The third-order valence-electron chi connectivity index (χ3n) is 1.45. The van der Waals surface area contributed by atoms with E-state index in [1.54, 1.807) is 17.8 Å². The highest BCUT2D eigenvalue weighted by Gasteiger charge is 2.02. The zero-order chi connectivity index (χ0) is 9.14. The topological polar surface area (TPSA) is 26.0 Å². The molecule has 0 aromatic heterocycles. The van der Waals surface area contributed by atoms with E-state index in [1.807, 2.05) is 13.8 Å². The van der Waals surface area contributed by atoms with Crippen molar-refractivity contribution in [2.75, 3.05) is 0 Å². The highest BCUT2D eigenvalue weighted by Crippen LogP contribution is 2.24. The van der Waals surface area contributed by atoms with Gasteiger partial charge in [-0.15, -0.1) is 11.8 Å². The van der Waals surface area contributed by atoms with Crippen molar-refractivity contribution in [3.8, 4) is 0 Å². The number of halogens is 1. The lowest BCUT2D eigenvalue weighted by molar-refractivity contribution is 0.625. The fourth-order valence-corrected chi connectivity index (χ4v) is 1.74. The zero-order valence-corrected chi connectivity index (χ0v) is 7.99. The van der Waals surface area contributed by atoms with Gasteiger partial charge in [-0.2, -0.15) is 0 Å². The molecule has 1 aromatic rings. The van der Waals surface area contributed by atoms with Gasteiger partial charge in [0.15, 0.2) is 0 Å². The molecule has 0 bridgehead atoms. The van der Waals surface area contributed by atoms with Crippen LogP contribution in [0.15, 0.2) is 23.1 Å². The van der Waals surface area contributed by atoms with Crippen LogP contribution in [0.25, 0.3) is 0 Å². The van der Waals surface area contributed by atoms with Crippen molar-refractivity contribution in [2.45, 2.75) is 24.1 Å². The van der Waals surface area contributed by atoms with Gasteiger partial charge in [-0.3, -0.25) is 0 Å². The van der Waals surface area contributed by atoms with Crippen LogP contribution in [-0.2, 0) is 0 Å². The summed E-state index contributed by atoms with van der Waals surface area (Å²) in [6.07, 6.45) is 0. The second kappa shape index (κ2) is 3.92. The lowest BCUT2D eigenvalue weighted by Crippen LogP contribution is -2.09. The Morgan fingerprint density at radius 3 is 2.67 bits per heavy atom. The molecule has 12 heavy (non-hydrogen) atoms. The molecule has 2 N–H and O–H groups in total. The summed E-state index contributed by atoms with van der Waals surface area (Å²) in [4.78, 5) is 1.05. The van der Waals surface area contributed by atoms with Gasteiger partial charge in [0, 0.05) is 4.90 Å². The molecule has 0 saturated heterocycles. The van der Waals surface area contributed by atoms with Gasteiger partial charge in [0.2, 0.25) is 0 Å². The molecule has 1 unspecified atom stereocenters. The summed E-state index contributed by atoms with van der Waals surface area (Å²) in [7, 11) is 0. The van der Waals surface area contributed by atoms with Crippen LogP contribution in [0.3, 0.4) is 0 Å². The van der Waals surface area contributed by atoms with Gasteiger partial charge in [-0.25, -0.2) is 4.39 Å². The molecule has 1 aromatic carbocycles. The molecule has 0 amide bonds. The largest absolute Gasteiger partial charge is 0.319 e. The number of nitrogens with two attached hydrogens (primary N) is 1. The van der Waals surface area contributed by atoms with Crippen LogP contribution in [0.4, 0.5) is 4.39 Å². The predicted octanol–water partition coefficient (Wildman–Crippen LogP) is 2.53. The molecule has 1 rings (SSSR count). The monoisotopic (exact) mass is 185 g/mol. The lowest BCUT2D eigenvalue weighted by Gasteiger charge is -2.07. The Kier molecular flexibility index (Phi) is 3.12. The first kappa shape index (κ1) is 9.55. The maximum Gasteiger partial charge on any atom is 0.123 e. The lowest BCUT2D eigenvalue weighted by atomic mass is 10.2. The van der Waals surface area contributed by atoms with Crippen molar-refractivity contribution < 1.29 is 4.39 Å².